The number of thiophene rings is 2. The van der Waals surface area contributed by atoms with Crippen molar-refractivity contribution in [3.8, 4) is 21.5 Å². The molecule has 2 aliphatic heterocycles. The molecule has 6 aromatic heterocycles. The molecule has 2 aromatic carbocycles. The lowest BCUT2D eigenvalue weighted by atomic mass is 10.1. The van der Waals surface area contributed by atoms with Gasteiger partial charge in [0, 0.05) is 56.5 Å². The van der Waals surface area contributed by atoms with Crippen molar-refractivity contribution in [1.82, 2.24) is 58.1 Å². The van der Waals surface area contributed by atoms with E-state index in [1.165, 1.54) is 70.7 Å². The monoisotopic (exact) mass is 1010 g/mol. The Hall–Kier alpha value is -7.54. The van der Waals surface area contributed by atoms with Crippen LogP contribution in [0.4, 0.5) is 0 Å². The summed E-state index contributed by atoms with van der Waals surface area (Å²) in [6.07, 6.45) is 5.21. The molecule has 24 heteroatoms. The number of ether oxygens (including phenoxy) is 3. The molecule has 370 valence electrons. The summed E-state index contributed by atoms with van der Waals surface area (Å²) in [5, 5.41) is 29.8. The first-order valence-corrected chi connectivity index (χ1v) is 24.1. The maximum absolute atomic E-state index is 13.9. The van der Waals surface area contributed by atoms with Crippen LogP contribution in [0, 0.1) is 13.8 Å². The maximum atomic E-state index is 13.9. The summed E-state index contributed by atoms with van der Waals surface area (Å²) in [5.41, 5.74) is 0.284. The van der Waals surface area contributed by atoms with Crippen LogP contribution in [0.3, 0.4) is 0 Å². The molecule has 1 N–H and O–H groups in total. The van der Waals surface area contributed by atoms with Crippen LogP contribution in [0.2, 0.25) is 0 Å². The number of para-hydroxylation sites is 2. The molecule has 8 aromatic rings. The van der Waals surface area contributed by atoms with E-state index in [0.29, 0.717) is 84.6 Å². The van der Waals surface area contributed by atoms with Gasteiger partial charge >= 0.3 is 11.4 Å². The van der Waals surface area contributed by atoms with Gasteiger partial charge in [-0.3, -0.25) is 28.3 Å². The van der Waals surface area contributed by atoms with Gasteiger partial charge in [-0.25, -0.2) is 18.7 Å². The number of rotatable bonds is 13. The summed E-state index contributed by atoms with van der Waals surface area (Å²) >= 11 is 2.44. The molecular formula is C47H50N12O10S2. The van der Waals surface area contributed by atoms with Crippen molar-refractivity contribution in [2.45, 2.75) is 64.1 Å². The van der Waals surface area contributed by atoms with Crippen LogP contribution in [0.25, 0.3) is 30.4 Å². The molecule has 0 saturated carbocycles. The molecule has 2 fully saturated rings. The summed E-state index contributed by atoms with van der Waals surface area (Å²) in [4.78, 5) is 87.5. The Kier molecular flexibility index (Phi) is 13.4. The highest BCUT2D eigenvalue weighted by Crippen LogP contribution is 2.36. The fraction of sp³-hybridized carbons (Fsp3) is 0.362. The van der Waals surface area contributed by atoms with Crippen molar-refractivity contribution >= 4 is 54.9 Å². The number of carbonyl (C=O) groups is 2. The minimum Gasteiger partial charge on any atom is -0.496 e. The van der Waals surface area contributed by atoms with Crippen molar-refractivity contribution in [2.75, 3.05) is 48.5 Å². The molecular weight excluding hydrogens is 957 g/mol. The highest BCUT2D eigenvalue weighted by Gasteiger charge is 2.37. The zero-order valence-corrected chi connectivity index (χ0v) is 41.4. The summed E-state index contributed by atoms with van der Waals surface area (Å²) < 4.78 is 21.7. The van der Waals surface area contributed by atoms with Gasteiger partial charge in [-0.05, 0) is 38.8 Å². The third kappa shape index (κ3) is 8.44. The Bertz CT molecular complexity index is 3560. The van der Waals surface area contributed by atoms with Crippen LogP contribution < -0.4 is 32.0 Å². The highest BCUT2D eigenvalue weighted by atomic mass is 32.1. The van der Waals surface area contributed by atoms with Gasteiger partial charge in [-0.1, -0.05) is 59.1 Å². The van der Waals surface area contributed by atoms with E-state index in [2.05, 4.69) is 20.4 Å². The van der Waals surface area contributed by atoms with Gasteiger partial charge in [0.25, 0.3) is 11.1 Å². The predicted molar refractivity (Wildman–Crippen MR) is 263 cm³/mol. The van der Waals surface area contributed by atoms with E-state index < -0.39 is 46.8 Å². The van der Waals surface area contributed by atoms with Crippen LogP contribution >= 0.6 is 22.7 Å². The largest absolute Gasteiger partial charge is 0.496 e. The number of likely N-dealkylation sites (tertiary alicyclic amines) is 2. The second-order valence-corrected chi connectivity index (χ2v) is 19.0. The standard InChI is InChI=1S/C24H26N6O5S.C23H24N6O5S/c1-14-19-21(32)29(16-9-12-27(2)20(16)31)24(33)28(23(19)36-22(14)30-25-10-11-26-30)13-18(35-4)15-7-5-6-8-17(15)34-3;1-13-18-20(32)28(15-8-11-26(2)19(15)31)23(33)27(22(18)35-21(13)29-24-9-10-25-29)12-16(30)14-6-4-5-7-17(14)34-3/h5-8,10-11,16,18H,9,12-13H2,1-4H3;4-7,9-10,15-16,30H,8,11-12H2,1-3H3/t16-,18-;15-,16-/m00/s1. The van der Waals surface area contributed by atoms with Gasteiger partial charge in [0.2, 0.25) is 11.8 Å². The second kappa shape index (κ2) is 19.7. The minimum absolute atomic E-state index is 0.106. The number of aromatic nitrogens is 10. The first-order valence-electron chi connectivity index (χ1n) is 22.5. The van der Waals surface area contributed by atoms with Gasteiger partial charge in [-0.15, -0.1) is 9.59 Å². The molecule has 2 saturated heterocycles. The molecule has 2 amide bonds. The Morgan fingerprint density at radius 3 is 1.44 bits per heavy atom. The summed E-state index contributed by atoms with van der Waals surface area (Å²) in [6, 6.07) is 12.7. The van der Waals surface area contributed by atoms with E-state index in [4.69, 9.17) is 14.2 Å². The van der Waals surface area contributed by atoms with E-state index in [-0.39, 0.29) is 24.9 Å². The summed E-state index contributed by atoms with van der Waals surface area (Å²) in [6.45, 7) is 4.45. The molecule has 10 rings (SSSR count). The number of hydrogen-bond acceptors (Lipinski definition) is 16. The Morgan fingerprint density at radius 2 is 1.03 bits per heavy atom. The van der Waals surface area contributed by atoms with E-state index in [9.17, 15) is 33.9 Å². The fourth-order valence-electron chi connectivity index (χ4n) is 9.30. The van der Waals surface area contributed by atoms with Crippen molar-refractivity contribution in [3.05, 3.63) is 137 Å². The molecule has 2 aliphatic rings. The van der Waals surface area contributed by atoms with Gasteiger partial charge < -0.3 is 29.1 Å². The topological polar surface area (TPSA) is 238 Å². The van der Waals surface area contributed by atoms with E-state index >= 15 is 0 Å². The number of aliphatic hydroxyl groups excluding tert-OH is 1. The van der Waals surface area contributed by atoms with Crippen LogP contribution in [-0.4, -0.2) is 123 Å². The maximum Gasteiger partial charge on any atom is 0.332 e. The van der Waals surface area contributed by atoms with Crippen molar-refractivity contribution < 1.29 is 28.9 Å². The predicted octanol–water partition coefficient (Wildman–Crippen LogP) is 3.17. The molecule has 4 atom stereocenters. The van der Waals surface area contributed by atoms with E-state index in [1.807, 2.05) is 24.3 Å². The Morgan fingerprint density at radius 1 is 0.620 bits per heavy atom. The number of amides is 2. The third-order valence-electron chi connectivity index (χ3n) is 13.0. The molecule has 0 bridgehead atoms. The van der Waals surface area contributed by atoms with E-state index in [1.54, 1.807) is 78.8 Å². The zero-order chi connectivity index (χ0) is 50.4. The average molecular weight is 1010 g/mol. The lowest BCUT2D eigenvalue weighted by molar-refractivity contribution is -0.130. The fourth-order valence-corrected chi connectivity index (χ4v) is 11.7. The number of fused-ring (bicyclic) bond motifs is 2. The number of aryl methyl sites for hydroxylation is 2. The first kappa shape index (κ1) is 48.5. The minimum atomic E-state index is -1.10. The second-order valence-electron chi connectivity index (χ2n) is 17.1. The number of methoxy groups -OCH3 is 3. The van der Waals surface area contributed by atoms with Crippen molar-refractivity contribution in [2.24, 2.45) is 0 Å². The van der Waals surface area contributed by atoms with Crippen LogP contribution in [0.15, 0.2) is 92.5 Å². The quantitative estimate of drug-likeness (QED) is 0.175. The van der Waals surface area contributed by atoms with Gasteiger partial charge in [-0.2, -0.15) is 20.4 Å². The molecule has 71 heavy (non-hydrogen) atoms. The Balaban J connectivity index is 0.000000176. The van der Waals surface area contributed by atoms with Crippen molar-refractivity contribution in [1.29, 1.82) is 0 Å². The number of hydrogen-bond donors (Lipinski definition) is 1. The smallest absolute Gasteiger partial charge is 0.332 e. The normalized spacial score (nSPS) is 16.8. The molecule has 0 radical (unpaired) electrons. The zero-order valence-electron chi connectivity index (χ0n) is 39.8. The molecule has 0 unspecified atom stereocenters. The number of likely N-dealkylation sites (N-methyl/N-ethyl adjacent to an activating group) is 2. The lowest BCUT2D eigenvalue weighted by Crippen LogP contribution is -2.44. The molecule has 0 aliphatic carbocycles. The van der Waals surface area contributed by atoms with Gasteiger partial charge in [0.1, 0.15) is 55.5 Å². The Labute approximate surface area is 411 Å². The summed E-state index contributed by atoms with van der Waals surface area (Å²) in [7, 11) is 7.95. The van der Waals surface area contributed by atoms with Crippen LogP contribution in [-0.2, 0) is 27.4 Å². The van der Waals surface area contributed by atoms with E-state index in [0.717, 1.165) is 14.7 Å². The van der Waals surface area contributed by atoms with Gasteiger partial charge in [0.15, 0.2) is 0 Å². The molecule has 8 heterocycles. The lowest BCUT2D eigenvalue weighted by Gasteiger charge is -2.21. The first-order chi connectivity index (χ1) is 34.2. The average Bonchev–Trinajstić information content (AvgIpc) is 4.27. The van der Waals surface area contributed by atoms with Crippen LogP contribution in [0.5, 0.6) is 11.5 Å². The molecule has 22 nitrogen and oxygen atoms in total. The number of benzene rings is 2. The van der Waals surface area contributed by atoms with Crippen LogP contribution in [0.1, 0.15) is 59.4 Å². The SMILES string of the molecule is COc1ccccc1[C@@H](O)Cn1c(=O)n([C@H]2CCN(C)C2=O)c(=O)c2c(C)c(-n3nccn3)sc21.COc1ccccc1[C@H](Cn1c(=O)n([C@H]2CCN(C)C2=O)c(=O)c2c(C)c(-n3nccn3)sc21)OC. The summed E-state index contributed by atoms with van der Waals surface area (Å²) in [5.74, 6) is 0.560. The highest BCUT2D eigenvalue weighted by molar-refractivity contribution is 7.21. The number of nitrogens with zero attached hydrogens (tertiary/aromatic N) is 12. The number of aliphatic hydroxyl groups is 1. The molecule has 0 spiro atoms. The number of carbonyl (C=O) groups excluding carboxylic acids is 2. The van der Waals surface area contributed by atoms with Gasteiger partial charge in [0.05, 0.1) is 62.9 Å². The third-order valence-corrected chi connectivity index (χ3v) is 15.6. The van der Waals surface area contributed by atoms with Crippen molar-refractivity contribution in [3.63, 3.8) is 0 Å².